The zero-order chi connectivity index (χ0) is 24.7. The summed E-state index contributed by atoms with van der Waals surface area (Å²) in [5.41, 5.74) is -0.519. The number of ether oxygens (including phenoxy) is 4. The van der Waals surface area contributed by atoms with E-state index in [4.69, 9.17) is 18.9 Å². The van der Waals surface area contributed by atoms with Crippen molar-refractivity contribution in [2.45, 2.75) is 116 Å². The van der Waals surface area contributed by atoms with Gasteiger partial charge in [0.05, 0.1) is 24.2 Å². The molecule has 6 nitrogen and oxygen atoms in total. The van der Waals surface area contributed by atoms with Gasteiger partial charge in [-0.25, -0.2) is 0 Å². The minimum atomic E-state index is -0.447. The van der Waals surface area contributed by atoms with Gasteiger partial charge in [0.15, 0.2) is 0 Å². The lowest BCUT2D eigenvalue weighted by Gasteiger charge is -2.59. The van der Waals surface area contributed by atoms with E-state index in [0.29, 0.717) is 29.6 Å². The number of esters is 2. The zero-order valence-corrected chi connectivity index (χ0v) is 22.2. The molecule has 3 saturated heterocycles. The lowest BCUT2D eigenvalue weighted by Crippen LogP contribution is -2.61. The van der Waals surface area contributed by atoms with Gasteiger partial charge in [0.2, 0.25) is 0 Å². The number of hydrogen-bond acceptors (Lipinski definition) is 6. The number of fused-ring (bicyclic) bond motifs is 7. The van der Waals surface area contributed by atoms with E-state index in [1.165, 1.54) is 13.3 Å². The standard InChI is InChI=1S/C29H44O6/c1-15-6-9-22(32-14-15)26-16(2)24-23(34-26)13-21-20-8-7-18-12-19(33-17(3)30)10-11-28(18,4)25(20)27(31)35-29(21,24)5/h15-16,18-26H,6-14H2,1-5H3/t15-,16-,18+,19+,20-,21+,22-,23-,24+,25+,26-,28+,29+/m0/s1. The molecular weight excluding hydrogens is 444 g/mol. The molecule has 13 atom stereocenters. The molecule has 3 heterocycles. The average Bonchev–Trinajstić information content (AvgIpc) is 3.27. The molecule has 6 rings (SSSR count). The van der Waals surface area contributed by atoms with Crippen molar-refractivity contribution >= 4 is 11.9 Å². The molecule has 3 aliphatic heterocycles. The summed E-state index contributed by atoms with van der Waals surface area (Å²) in [7, 11) is 0. The first-order valence-electron chi connectivity index (χ1n) is 14.3. The first-order chi connectivity index (χ1) is 16.6. The largest absolute Gasteiger partial charge is 0.463 e. The maximum Gasteiger partial charge on any atom is 0.310 e. The van der Waals surface area contributed by atoms with Crippen LogP contribution in [0.5, 0.6) is 0 Å². The number of carbonyl (C=O) groups excluding carboxylic acids is 2. The number of hydrogen-bond donors (Lipinski definition) is 0. The van der Waals surface area contributed by atoms with Gasteiger partial charge in [-0.15, -0.1) is 0 Å². The molecule has 0 N–H and O–H groups in total. The predicted molar refractivity (Wildman–Crippen MR) is 129 cm³/mol. The van der Waals surface area contributed by atoms with Crippen LogP contribution >= 0.6 is 0 Å². The average molecular weight is 489 g/mol. The third-order valence-corrected chi connectivity index (χ3v) is 11.5. The van der Waals surface area contributed by atoms with E-state index < -0.39 is 5.60 Å². The highest BCUT2D eigenvalue weighted by molar-refractivity contribution is 5.76. The van der Waals surface area contributed by atoms with E-state index >= 15 is 0 Å². The predicted octanol–water partition coefficient (Wildman–Crippen LogP) is 4.92. The summed E-state index contributed by atoms with van der Waals surface area (Å²) in [6, 6.07) is 0. The third-order valence-electron chi connectivity index (χ3n) is 11.5. The van der Waals surface area contributed by atoms with Crippen molar-refractivity contribution in [1.29, 1.82) is 0 Å². The summed E-state index contributed by atoms with van der Waals surface area (Å²) in [5.74, 6) is 2.10. The molecule has 0 bridgehead atoms. The van der Waals surface area contributed by atoms with Crippen LogP contribution in [-0.4, -0.2) is 48.6 Å². The van der Waals surface area contributed by atoms with Gasteiger partial charge >= 0.3 is 11.9 Å². The highest BCUT2D eigenvalue weighted by Gasteiger charge is 2.70. The monoisotopic (exact) mass is 488 g/mol. The smallest absolute Gasteiger partial charge is 0.310 e. The van der Waals surface area contributed by atoms with E-state index in [0.717, 1.165) is 51.6 Å². The maximum atomic E-state index is 13.8. The number of rotatable bonds is 2. The van der Waals surface area contributed by atoms with Crippen LogP contribution in [0.2, 0.25) is 0 Å². The second-order valence-corrected chi connectivity index (χ2v) is 13.5. The van der Waals surface area contributed by atoms with Gasteiger partial charge in [0.1, 0.15) is 11.7 Å². The van der Waals surface area contributed by atoms with Gasteiger partial charge in [-0.3, -0.25) is 9.59 Å². The Bertz CT molecular complexity index is 865. The molecule has 0 aromatic carbocycles. The molecule has 6 aliphatic rings. The van der Waals surface area contributed by atoms with E-state index in [9.17, 15) is 9.59 Å². The molecule has 6 fully saturated rings. The van der Waals surface area contributed by atoms with Gasteiger partial charge in [-0.1, -0.05) is 20.8 Å². The molecule has 35 heavy (non-hydrogen) atoms. The fraction of sp³-hybridized carbons (Fsp3) is 0.931. The zero-order valence-electron chi connectivity index (χ0n) is 22.2. The van der Waals surface area contributed by atoms with Crippen LogP contribution in [0, 0.1) is 46.8 Å². The minimum Gasteiger partial charge on any atom is -0.463 e. The molecule has 3 saturated carbocycles. The molecule has 3 aliphatic carbocycles. The highest BCUT2D eigenvalue weighted by atomic mass is 16.6. The molecule has 196 valence electrons. The van der Waals surface area contributed by atoms with Gasteiger partial charge < -0.3 is 18.9 Å². The molecule has 0 aromatic rings. The summed E-state index contributed by atoms with van der Waals surface area (Å²) in [4.78, 5) is 25.4. The second kappa shape index (κ2) is 8.44. The lowest BCUT2D eigenvalue weighted by atomic mass is 9.48. The fourth-order valence-electron chi connectivity index (χ4n) is 9.90. The molecule has 0 radical (unpaired) electrons. The van der Waals surface area contributed by atoms with E-state index in [1.807, 2.05) is 0 Å². The Balaban J connectivity index is 1.21. The second-order valence-electron chi connectivity index (χ2n) is 13.5. The first kappa shape index (κ1) is 24.2. The SMILES string of the molecule is CC(=O)O[C@@H]1CC[C@]2(C)[C@H](CC[C@H]3[C@H]4C[C@@H]5O[C@H]([C@@H]6CC[C@H](C)CO6)[C@@H](C)[C@H]5[C@]4(C)OC(=O)[C@@H]32)C1. The minimum absolute atomic E-state index is 0.00554. The van der Waals surface area contributed by atoms with Crippen LogP contribution in [0.15, 0.2) is 0 Å². The Labute approximate surface area is 210 Å². The fourth-order valence-corrected chi connectivity index (χ4v) is 9.90. The first-order valence-corrected chi connectivity index (χ1v) is 14.3. The van der Waals surface area contributed by atoms with Crippen molar-refractivity contribution in [2.24, 2.45) is 46.8 Å². The summed E-state index contributed by atoms with van der Waals surface area (Å²) < 4.78 is 25.1. The van der Waals surface area contributed by atoms with Crippen molar-refractivity contribution < 1.29 is 28.5 Å². The van der Waals surface area contributed by atoms with Gasteiger partial charge in [-0.2, -0.15) is 0 Å². The van der Waals surface area contributed by atoms with Crippen molar-refractivity contribution in [3.05, 3.63) is 0 Å². The van der Waals surface area contributed by atoms with E-state index in [-0.39, 0.29) is 53.6 Å². The molecule has 0 aromatic heterocycles. The Morgan fingerprint density at radius 1 is 1.03 bits per heavy atom. The van der Waals surface area contributed by atoms with E-state index in [1.54, 1.807) is 0 Å². The van der Waals surface area contributed by atoms with Gasteiger partial charge in [-0.05, 0) is 87.4 Å². The van der Waals surface area contributed by atoms with Crippen molar-refractivity contribution in [1.82, 2.24) is 0 Å². The van der Waals surface area contributed by atoms with Gasteiger partial charge in [0, 0.05) is 25.4 Å². The summed E-state index contributed by atoms with van der Waals surface area (Å²) in [6.07, 6.45) is 8.51. The molecule has 0 unspecified atom stereocenters. The third kappa shape index (κ3) is 3.63. The molecule has 0 spiro atoms. The van der Waals surface area contributed by atoms with Crippen molar-refractivity contribution in [2.75, 3.05) is 6.61 Å². The van der Waals surface area contributed by atoms with Crippen LogP contribution in [-0.2, 0) is 28.5 Å². The van der Waals surface area contributed by atoms with Crippen molar-refractivity contribution in [3.63, 3.8) is 0 Å². The number of carbonyl (C=O) groups is 2. The van der Waals surface area contributed by atoms with Gasteiger partial charge in [0.25, 0.3) is 0 Å². The quantitative estimate of drug-likeness (QED) is 0.514. The lowest BCUT2D eigenvalue weighted by molar-refractivity contribution is -0.221. The molecule has 0 amide bonds. The summed E-state index contributed by atoms with van der Waals surface area (Å²) in [6.45, 7) is 11.4. The van der Waals surface area contributed by atoms with Crippen LogP contribution < -0.4 is 0 Å². The summed E-state index contributed by atoms with van der Waals surface area (Å²) >= 11 is 0. The Morgan fingerprint density at radius 2 is 1.83 bits per heavy atom. The summed E-state index contributed by atoms with van der Waals surface area (Å²) in [5, 5.41) is 0. The Kier molecular flexibility index (Phi) is 5.84. The maximum absolute atomic E-state index is 13.8. The van der Waals surface area contributed by atoms with Crippen LogP contribution in [0.25, 0.3) is 0 Å². The molecular formula is C29H44O6. The topological polar surface area (TPSA) is 71.1 Å². The molecule has 6 heteroatoms. The Morgan fingerprint density at radius 3 is 2.54 bits per heavy atom. The highest BCUT2D eigenvalue weighted by Crippen LogP contribution is 2.66. The van der Waals surface area contributed by atoms with Crippen molar-refractivity contribution in [3.8, 4) is 0 Å². The normalized spacial score (nSPS) is 55.2. The van der Waals surface area contributed by atoms with Crippen LogP contribution in [0.3, 0.4) is 0 Å². The van der Waals surface area contributed by atoms with E-state index in [2.05, 4.69) is 27.7 Å². The van der Waals surface area contributed by atoms with Crippen LogP contribution in [0.1, 0.15) is 86.0 Å². The Hall–Kier alpha value is -1.14. The van der Waals surface area contributed by atoms with Crippen LogP contribution in [0.4, 0.5) is 0 Å².